The number of para-hydroxylation sites is 1. The largest absolute Gasteiger partial charge is 0.463 e. The smallest absolute Gasteiger partial charge is 0.254 e. The summed E-state index contributed by atoms with van der Waals surface area (Å²) in [5.41, 5.74) is 2.15. The molecule has 0 bridgehead atoms. The van der Waals surface area contributed by atoms with Gasteiger partial charge < -0.3 is 9.32 Å². The van der Waals surface area contributed by atoms with Crippen LogP contribution in [0.1, 0.15) is 24.2 Å². The van der Waals surface area contributed by atoms with Crippen molar-refractivity contribution in [2.75, 3.05) is 13.1 Å². The molecular weight excluding hydrogens is 276 g/mol. The van der Waals surface area contributed by atoms with Gasteiger partial charge in [0.2, 0.25) is 0 Å². The summed E-state index contributed by atoms with van der Waals surface area (Å²) in [6, 6.07) is 13.2. The van der Waals surface area contributed by atoms with Crippen LogP contribution in [0.15, 0.2) is 53.1 Å². The summed E-state index contributed by atoms with van der Waals surface area (Å²) in [6.45, 7) is 5.33. The molecule has 0 unspecified atom stereocenters. The van der Waals surface area contributed by atoms with Crippen molar-refractivity contribution in [3.63, 3.8) is 0 Å². The minimum atomic E-state index is 0.0245. The zero-order valence-electron chi connectivity index (χ0n) is 12.7. The average molecular weight is 294 g/mol. The number of rotatable bonds is 4. The normalized spacial score (nSPS) is 10.8. The maximum atomic E-state index is 12.8. The molecular formula is C18H18N2O2. The molecule has 0 saturated carbocycles. The number of benzene rings is 1. The monoisotopic (exact) mass is 294 g/mol. The molecule has 0 aliphatic rings. The van der Waals surface area contributed by atoms with Crippen LogP contribution in [0.3, 0.4) is 0 Å². The third-order valence-electron chi connectivity index (χ3n) is 3.77. The van der Waals surface area contributed by atoms with E-state index in [4.69, 9.17) is 4.42 Å². The van der Waals surface area contributed by atoms with Crippen molar-refractivity contribution in [1.82, 2.24) is 9.88 Å². The van der Waals surface area contributed by atoms with E-state index in [0.717, 1.165) is 10.9 Å². The number of carbonyl (C=O) groups is 1. The van der Waals surface area contributed by atoms with Gasteiger partial charge in [-0.3, -0.25) is 4.79 Å². The van der Waals surface area contributed by atoms with Gasteiger partial charge in [-0.2, -0.15) is 0 Å². The van der Waals surface area contributed by atoms with Crippen LogP contribution in [-0.4, -0.2) is 28.9 Å². The summed E-state index contributed by atoms with van der Waals surface area (Å²) in [7, 11) is 0. The van der Waals surface area contributed by atoms with E-state index < -0.39 is 0 Å². The van der Waals surface area contributed by atoms with E-state index in [2.05, 4.69) is 4.98 Å². The Morgan fingerprint density at radius 2 is 1.91 bits per heavy atom. The molecule has 0 N–H and O–H groups in total. The average Bonchev–Trinajstić information content (AvgIpc) is 3.09. The molecule has 0 saturated heterocycles. The molecule has 22 heavy (non-hydrogen) atoms. The van der Waals surface area contributed by atoms with E-state index in [0.29, 0.717) is 30.1 Å². The first-order valence-corrected chi connectivity index (χ1v) is 7.47. The topological polar surface area (TPSA) is 46.3 Å². The van der Waals surface area contributed by atoms with Crippen molar-refractivity contribution in [3.8, 4) is 11.5 Å². The Hall–Kier alpha value is -2.62. The van der Waals surface area contributed by atoms with Gasteiger partial charge in [0, 0.05) is 18.5 Å². The third-order valence-corrected chi connectivity index (χ3v) is 3.77. The SMILES string of the molecule is CCN(CC)C(=O)c1cc(-c2ccco2)nc2ccccc12. The number of furan rings is 1. The Bertz CT molecular complexity index is 790. The Morgan fingerprint density at radius 1 is 1.14 bits per heavy atom. The molecule has 112 valence electrons. The Labute approximate surface area is 129 Å². The zero-order chi connectivity index (χ0) is 15.5. The van der Waals surface area contributed by atoms with E-state index in [9.17, 15) is 4.79 Å². The molecule has 4 nitrogen and oxygen atoms in total. The highest BCUT2D eigenvalue weighted by molar-refractivity contribution is 6.07. The van der Waals surface area contributed by atoms with Gasteiger partial charge in [-0.05, 0) is 38.1 Å². The first-order chi connectivity index (χ1) is 10.7. The summed E-state index contributed by atoms with van der Waals surface area (Å²) in [5.74, 6) is 0.691. The maximum Gasteiger partial charge on any atom is 0.254 e. The lowest BCUT2D eigenvalue weighted by Gasteiger charge is -2.20. The Balaban J connectivity index is 2.21. The minimum Gasteiger partial charge on any atom is -0.463 e. The summed E-state index contributed by atoms with van der Waals surface area (Å²) in [5, 5.41) is 0.870. The van der Waals surface area contributed by atoms with E-state index in [1.807, 2.05) is 61.2 Å². The van der Waals surface area contributed by atoms with Crippen molar-refractivity contribution in [2.24, 2.45) is 0 Å². The molecule has 3 rings (SSSR count). The molecule has 4 heteroatoms. The number of hydrogen-bond donors (Lipinski definition) is 0. The van der Waals surface area contributed by atoms with Crippen LogP contribution in [0, 0.1) is 0 Å². The standard InChI is InChI=1S/C18H18N2O2/c1-3-20(4-2)18(21)14-12-16(17-10-7-11-22-17)19-15-9-6-5-8-13(14)15/h5-12H,3-4H2,1-2H3. The predicted molar refractivity (Wildman–Crippen MR) is 86.7 cm³/mol. The molecule has 2 heterocycles. The van der Waals surface area contributed by atoms with E-state index in [-0.39, 0.29) is 5.91 Å². The summed E-state index contributed by atoms with van der Waals surface area (Å²) in [6.07, 6.45) is 1.61. The van der Waals surface area contributed by atoms with Crippen LogP contribution < -0.4 is 0 Å². The number of carbonyl (C=O) groups excluding carboxylic acids is 1. The fourth-order valence-corrected chi connectivity index (χ4v) is 2.58. The number of pyridine rings is 1. The van der Waals surface area contributed by atoms with Crippen LogP contribution in [0.4, 0.5) is 0 Å². The lowest BCUT2D eigenvalue weighted by molar-refractivity contribution is 0.0775. The highest BCUT2D eigenvalue weighted by Crippen LogP contribution is 2.26. The summed E-state index contributed by atoms with van der Waals surface area (Å²) >= 11 is 0. The summed E-state index contributed by atoms with van der Waals surface area (Å²) in [4.78, 5) is 19.2. The Kier molecular flexibility index (Phi) is 3.92. The zero-order valence-corrected chi connectivity index (χ0v) is 12.7. The van der Waals surface area contributed by atoms with E-state index in [1.165, 1.54) is 0 Å². The van der Waals surface area contributed by atoms with Gasteiger partial charge >= 0.3 is 0 Å². The number of fused-ring (bicyclic) bond motifs is 1. The third kappa shape index (κ3) is 2.48. The second kappa shape index (κ2) is 6.02. The van der Waals surface area contributed by atoms with Gasteiger partial charge in [0.15, 0.2) is 5.76 Å². The fourth-order valence-electron chi connectivity index (χ4n) is 2.58. The van der Waals surface area contributed by atoms with Gasteiger partial charge in [-0.1, -0.05) is 18.2 Å². The van der Waals surface area contributed by atoms with Crippen LogP contribution in [0.2, 0.25) is 0 Å². The lowest BCUT2D eigenvalue weighted by Crippen LogP contribution is -2.30. The van der Waals surface area contributed by atoms with E-state index >= 15 is 0 Å². The van der Waals surface area contributed by atoms with Crippen LogP contribution in [0.5, 0.6) is 0 Å². The molecule has 1 amide bonds. The number of nitrogens with zero attached hydrogens (tertiary/aromatic N) is 2. The van der Waals surface area contributed by atoms with Crippen molar-refractivity contribution in [3.05, 3.63) is 54.3 Å². The van der Waals surface area contributed by atoms with Gasteiger partial charge in [0.05, 0.1) is 17.3 Å². The number of amides is 1. The second-order valence-electron chi connectivity index (χ2n) is 5.03. The molecule has 1 aromatic carbocycles. The molecule has 0 spiro atoms. The van der Waals surface area contributed by atoms with Gasteiger partial charge in [0.25, 0.3) is 5.91 Å². The quantitative estimate of drug-likeness (QED) is 0.731. The maximum absolute atomic E-state index is 12.8. The highest BCUT2D eigenvalue weighted by Gasteiger charge is 2.18. The summed E-state index contributed by atoms with van der Waals surface area (Å²) < 4.78 is 5.43. The van der Waals surface area contributed by atoms with Crippen LogP contribution >= 0.6 is 0 Å². The molecule has 3 aromatic rings. The molecule has 2 aromatic heterocycles. The lowest BCUT2D eigenvalue weighted by atomic mass is 10.1. The van der Waals surface area contributed by atoms with Crippen molar-refractivity contribution < 1.29 is 9.21 Å². The van der Waals surface area contributed by atoms with Gasteiger partial charge in [0.1, 0.15) is 5.69 Å². The first-order valence-electron chi connectivity index (χ1n) is 7.47. The second-order valence-corrected chi connectivity index (χ2v) is 5.03. The highest BCUT2D eigenvalue weighted by atomic mass is 16.3. The van der Waals surface area contributed by atoms with Crippen LogP contribution in [-0.2, 0) is 0 Å². The van der Waals surface area contributed by atoms with Gasteiger partial charge in [-0.25, -0.2) is 4.98 Å². The number of hydrogen-bond acceptors (Lipinski definition) is 3. The molecule has 0 fully saturated rings. The molecule has 0 aliphatic carbocycles. The van der Waals surface area contributed by atoms with Crippen molar-refractivity contribution in [2.45, 2.75) is 13.8 Å². The van der Waals surface area contributed by atoms with E-state index in [1.54, 1.807) is 6.26 Å². The molecule has 0 radical (unpaired) electrons. The van der Waals surface area contributed by atoms with Gasteiger partial charge in [-0.15, -0.1) is 0 Å². The Morgan fingerprint density at radius 3 is 2.59 bits per heavy atom. The molecule has 0 atom stereocenters. The van der Waals surface area contributed by atoms with Crippen molar-refractivity contribution >= 4 is 16.8 Å². The predicted octanol–water partition coefficient (Wildman–Crippen LogP) is 3.98. The number of aromatic nitrogens is 1. The molecule has 0 aliphatic heterocycles. The minimum absolute atomic E-state index is 0.0245. The fraction of sp³-hybridized carbons (Fsp3) is 0.222. The van der Waals surface area contributed by atoms with Crippen molar-refractivity contribution in [1.29, 1.82) is 0 Å². The first kappa shape index (κ1) is 14.3. The van der Waals surface area contributed by atoms with Crippen LogP contribution in [0.25, 0.3) is 22.4 Å².